The molecular weight excluding hydrogens is 188 g/mol. The zero-order valence-corrected chi connectivity index (χ0v) is 8.95. The summed E-state index contributed by atoms with van der Waals surface area (Å²) in [6.45, 7) is 4.05. The van der Waals surface area contributed by atoms with Gasteiger partial charge in [-0.25, -0.2) is 0 Å². The number of fused-ring (bicyclic) bond motifs is 1. The molecule has 1 aromatic rings. The molecule has 0 radical (unpaired) electrons. The molecule has 1 aromatic carbocycles. The highest BCUT2D eigenvalue weighted by atomic mass is 16.5. The number of ether oxygens (including phenoxy) is 1. The second-order valence-electron chi connectivity index (χ2n) is 4.44. The zero-order valence-electron chi connectivity index (χ0n) is 8.95. The van der Waals surface area contributed by atoms with Gasteiger partial charge in [-0.05, 0) is 19.4 Å². The molecule has 0 saturated heterocycles. The fraction of sp³-hybridized carbons (Fsp3) is 0.385. The summed E-state index contributed by atoms with van der Waals surface area (Å²) in [4.78, 5) is 0. The van der Waals surface area contributed by atoms with Gasteiger partial charge in [0.05, 0.1) is 0 Å². The van der Waals surface area contributed by atoms with E-state index in [1.807, 2.05) is 32.0 Å². The van der Waals surface area contributed by atoms with Gasteiger partial charge in [0.25, 0.3) is 0 Å². The highest BCUT2D eigenvalue weighted by Gasteiger charge is 2.32. The summed E-state index contributed by atoms with van der Waals surface area (Å²) in [6, 6.07) is 5.72. The van der Waals surface area contributed by atoms with Crippen LogP contribution in [0.4, 0.5) is 0 Å². The predicted molar refractivity (Wildman–Crippen MR) is 58.6 cm³/mol. The van der Waals surface area contributed by atoms with Gasteiger partial charge in [-0.1, -0.05) is 24.1 Å². The molecule has 0 spiro atoms. The zero-order chi connectivity index (χ0) is 11.1. The molecule has 2 nitrogen and oxygen atoms in total. The Morgan fingerprint density at radius 1 is 1.53 bits per heavy atom. The second kappa shape index (κ2) is 3.29. The van der Waals surface area contributed by atoms with Crippen LogP contribution in [0.3, 0.4) is 0 Å². The topological polar surface area (TPSA) is 29.5 Å². The molecule has 1 N–H and O–H groups in total. The van der Waals surface area contributed by atoms with Crippen molar-refractivity contribution in [2.24, 2.45) is 0 Å². The third-order valence-electron chi connectivity index (χ3n) is 2.57. The highest BCUT2D eigenvalue weighted by Crippen LogP contribution is 2.39. The number of terminal acetylenes is 1. The SMILES string of the molecule is C#CC(O)c1cccc2c1OC(C)(C)C2. The third-order valence-corrected chi connectivity index (χ3v) is 2.57. The first-order valence-corrected chi connectivity index (χ1v) is 4.98. The summed E-state index contributed by atoms with van der Waals surface area (Å²) < 4.78 is 5.79. The molecule has 1 atom stereocenters. The average Bonchev–Trinajstić information content (AvgIpc) is 2.49. The Balaban J connectivity index is 2.47. The van der Waals surface area contributed by atoms with Gasteiger partial charge in [-0.15, -0.1) is 6.42 Å². The molecule has 15 heavy (non-hydrogen) atoms. The molecule has 0 amide bonds. The maximum atomic E-state index is 9.65. The van der Waals surface area contributed by atoms with Crippen LogP contribution in [0.15, 0.2) is 18.2 Å². The quantitative estimate of drug-likeness (QED) is 0.706. The predicted octanol–water partition coefficient (Wildman–Crippen LogP) is 2.07. The molecule has 1 heterocycles. The van der Waals surface area contributed by atoms with Gasteiger partial charge in [-0.3, -0.25) is 0 Å². The van der Waals surface area contributed by atoms with Crippen LogP contribution in [0.25, 0.3) is 0 Å². The van der Waals surface area contributed by atoms with Gasteiger partial charge in [0, 0.05) is 12.0 Å². The minimum absolute atomic E-state index is 0.202. The van der Waals surface area contributed by atoms with E-state index in [4.69, 9.17) is 11.2 Å². The fourth-order valence-corrected chi connectivity index (χ4v) is 1.94. The summed E-state index contributed by atoms with van der Waals surface area (Å²) in [5, 5.41) is 9.65. The van der Waals surface area contributed by atoms with Crippen LogP contribution in [-0.4, -0.2) is 10.7 Å². The first kappa shape index (κ1) is 10.1. The fourth-order valence-electron chi connectivity index (χ4n) is 1.94. The lowest BCUT2D eigenvalue weighted by Crippen LogP contribution is -2.25. The standard InChI is InChI=1S/C13H14O2/c1-4-11(14)10-7-5-6-9-8-13(2,3)15-12(9)10/h1,5-7,11,14H,8H2,2-3H3. The maximum absolute atomic E-state index is 9.65. The lowest BCUT2D eigenvalue weighted by Gasteiger charge is -2.18. The van der Waals surface area contributed by atoms with Crippen LogP contribution < -0.4 is 4.74 Å². The van der Waals surface area contributed by atoms with Crippen molar-refractivity contribution in [3.8, 4) is 18.1 Å². The van der Waals surface area contributed by atoms with E-state index in [2.05, 4.69) is 5.92 Å². The Hall–Kier alpha value is -1.46. The number of rotatable bonds is 1. The minimum atomic E-state index is -0.881. The molecule has 0 aliphatic carbocycles. The molecule has 0 fully saturated rings. The first-order chi connectivity index (χ1) is 7.03. The van der Waals surface area contributed by atoms with Crippen molar-refractivity contribution < 1.29 is 9.84 Å². The van der Waals surface area contributed by atoms with Gasteiger partial charge in [-0.2, -0.15) is 0 Å². The summed E-state index contributed by atoms with van der Waals surface area (Å²) >= 11 is 0. The van der Waals surface area contributed by atoms with Gasteiger partial charge in [0.2, 0.25) is 0 Å². The summed E-state index contributed by atoms with van der Waals surface area (Å²) in [7, 11) is 0. The van der Waals surface area contributed by atoms with Crippen LogP contribution in [0, 0.1) is 12.3 Å². The summed E-state index contributed by atoms with van der Waals surface area (Å²) in [5.41, 5.74) is 1.61. The number of aliphatic hydroxyl groups excluding tert-OH is 1. The van der Waals surface area contributed by atoms with Crippen LogP contribution in [0.2, 0.25) is 0 Å². The number of aliphatic hydroxyl groups is 1. The molecule has 0 saturated carbocycles. The van der Waals surface area contributed by atoms with Gasteiger partial charge < -0.3 is 9.84 Å². The molecule has 1 unspecified atom stereocenters. The Labute approximate surface area is 89.9 Å². The molecule has 0 bridgehead atoms. The number of hydrogen-bond acceptors (Lipinski definition) is 2. The minimum Gasteiger partial charge on any atom is -0.487 e. The summed E-state index contributed by atoms with van der Waals surface area (Å²) in [5.74, 6) is 3.07. The van der Waals surface area contributed by atoms with E-state index in [-0.39, 0.29) is 5.60 Å². The Bertz CT molecular complexity index is 427. The van der Waals surface area contributed by atoms with Crippen molar-refractivity contribution in [2.75, 3.05) is 0 Å². The van der Waals surface area contributed by atoms with Crippen molar-refractivity contribution in [2.45, 2.75) is 32.0 Å². The number of benzene rings is 1. The first-order valence-electron chi connectivity index (χ1n) is 4.98. The van der Waals surface area contributed by atoms with Crippen molar-refractivity contribution in [1.29, 1.82) is 0 Å². The second-order valence-corrected chi connectivity index (χ2v) is 4.44. The Kier molecular flexibility index (Phi) is 2.21. The van der Waals surface area contributed by atoms with Crippen molar-refractivity contribution in [3.63, 3.8) is 0 Å². The lowest BCUT2D eigenvalue weighted by atomic mass is 9.99. The third kappa shape index (κ3) is 1.71. The van der Waals surface area contributed by atoms with E-state index in [0.29, 0.717) is 5.56 Å². The van der Waals surface area contributed by atoms with Crippen LogP contribution in [0.5, 0.6) is 5.75 Å². The molecular formula is C13H14O2. The Morgan fingerprint density at radius 2 is 2.27 bits per heavy atom. The molecule has 78 valence electrons. The normalized spacial score (nSPS) is 18.8. The van der Waals surface area contributed by atoms with Crippen molar-refractivity contribution >= 4 is 0 Å². The monoisotopic (exact) mass is 202 g/mol. The van der Waals surface area contributed by atoms with Crippen LogP contribution in [-0.2, 0) is 6.42 Å². The van der Waals surface area contributed by atoms with Crippen molar-refractivity contribution in [3.05, 3.63) is 29.3 Å². The molecule has 1 aliphatic heterocycles. The molecule has 1 aliphatic rings. The van der Waals surface area contributed by atoms with E-state index in [9.17, 15) is 5.11 Å². The maximum Gasteiger partial charge on any atom is 0.143 e. The van der Waals surface area contributed by atoms with E-state index in [1.165, 1.54) is 0 Å². The molecule has 2 heteroatoms. The molecule has 0 aromatic heterocycles. The van der Waals surface area contributed by atoms with Crippen LogP contribution >= 0.6 is 0 Å². The average molecular weight is 202 g/mol. The number of hydrogen-bond donors (Lipinski definition) is 1. The van der Waals surface area contributed by atoms with Gasteiger partial charge in [0.1, 0.15) is 17.5 Å². The smallest absolute Gasteiger partial charge is 0.143 e. The van der Waals surface area contributed by atoms with E-state index >= 15 is 0 Å². The van der Waals surface area contributed by atoms with E-state index in [0.717, 1.165) is 17.7 Å². The highest BCUT2D eigenvalue weighted by molar-refractivity contribution is 5.48. The van der Waals surface area contributed by atoms with Crippen LogP contribution in [0.1, 0.15) is 31.1 Å². The lowest BCUT2D eigenvalue weighted by molar-refractivity contribution is 0.132. The largest absolute Gasteiger partial charge is 0.487 e. The van der Waals surface area contributed by atoms with Gasteiger partial charge >= 0.3 is 0 Å². The summed E-state index contributed by atoms with van der Waals surface area (Å²) in [6.07, 6.45) is 5.18. The van der Waals surface area contributed by atoms with Crippen molar-refractivity contribution in [1.82, 2.24) is 0 Å². The van der Waals surface area contributed by atoms with E-state index < -0.39 is 6.10 Å². The van der Waals surface area contributed by atoms with E-state index in [1.54, 1.807) is 0 Å². The van der Waals surface area contributed by atoms with Gasteiger partial charge in [0.15, 0.2) is 0 Å². The Morgan fingerprint density at radius 3 is 2.93 bits per heavy atom. The number of para-hydroxylation sites is 1. The molecule has 2 rings (SSSR count).